The topological polar surface area (TPSA) is 579 Å². The van der Waals surface area contributed by atoms with Crippen LogP contribution in [-0.4, -0.2) is 113 Å². The van der Waals surface area contributed by atoms with Gasteiger partial charge in [0.1, 0.15) is 16.8 Å². The number of aliphatic hydroxyl groups is 3. The summed E-state index contributed by atoms with van der Waals surface area (Å²) in [5, 5.41) is 117. The number of carbonyl (C=O) groups is 9. The molecule has 13 N–H and O–H groups in total. The molecule has 0 unspecified atom stereocenters. The van der Waals surface area contributed by atoms with Gasteiger partial charge in [-0.1, -0.05) is 0 Å². The standard InChI is InChI=1S/3C6H8O7.9Na.5H2O/c3*7-3(8)1-6(13,5(11)12)2-4(9)10;;;;;;;;;;;;;;/h3*13H,1-2H2,(H,7,8)(H,9,10)(H,11,12);;;;;;;;;;5*1H2/q;;;9*+1;;;;;/p-9. The molecule has 0 fully saturated rings. The molecule has 0 aromatic heterocycles. The van der Waals surface area contributed by atoms with E-state index in [0.29, 0.717) is 0 Å². The minimum Gasteiger partial charge on any atom is -0.550 e. The molecular weight excluding hydrogens is 839 g/mol. The van der Waals surface area contributed by atoms with Crippen molar-refractivity contribution >= 4 is 53.7 Å². The smallest absolute Gasteiger partial charge is 0.550 e. The summed E-state index contributed by atoms with van der Waals surface area (Å²) in [6.45, 7) is 0. The summed E-state index contributed by atoms with van der Waals surface area (Å²) in [5.74, 6) is -18.0. The number of hydrogen-bond donors (Lipinski definition) is 3. The number of carboxylic acids is 9. The van der Waals surface area contributed by atoms with E-state index < -0.39 is 109 Å². The first kappa shape index (κ1) is 112. The van der Waals surface area contributed by atoms with E-state index in [1.54, 1.807) is 0 Å². The second-order valence-electron chi connectivity index (χ2n) is 7.25. The van der Waals surface area contributed by atoms with Crippen molar-refractivity contribution in [2.45, 2.75) is 55.3 Å². The number of rotatable bonds is 15. The first-order chi connectivity index (χ1) is 17.3. The number of carbonyl (C=O) groups excluding carboxylic acids is 9. The molecule has 0 amide bonds. The zero-order chi connectivity index (χ0) is 31.9. The zero-order valence-corrected chi connectivity index (χ0v) is 48.4. The van der Waals surface area contributed by atoms with Crippen molar-refractivity contribution in [1.82, 2.24) is 0 Å². The Morgan fingerprint density at radius 1 is 0.283 bits per heavy atom. The van der Waals surface area contributed by atoms with Crippen LogP contribution >= 0.6 is 0 Å². The summed E-state index contributed by atoms with van der Waals surface area (Å²) in [4.78, 5) is 90.0. The van der Waals surface area contributed by atoms with Gasteiger partial charge in [-0.15, -0.1) is 0 Å². The molecule has 0 rings (SSSR count). The molecule has 0 aromatic carbocycles. The van der Waals surface area contributed by atoms with Crippen LogP contribution in [0.3, 0.4) is 0 Å². The minimum atomic E-state index is -2.97. The van der Waals surface area contributed by atoms with Gasteiger partial charge in [0, 0.05) is 74.3 Å². The Bertz CT molecular complexity index is 845. The molecule has 0 bridgehead atoms. The average molecular weight is 864 g/mol. The molecule has 0 radical (unpaired) electrons. The second-order valence-corrected chi connectivity index (χ2v) is 7.25. The summed E-state index contributed by atoms with van der Waals surface area (Å²) in [7, 11) is 0. The molecule has 0 aliphatic heterocycles. The van der Waals surface area contributed by atoms with Crippen LogP contribution in [0, 0.1) is 0 Å². The maximum absolute atomic E-state index is 10.1. The van der Waals surface area contributed by atoms with Crippen molar-refractivity contribution < 1.29 is 398 Å². The summed E-state index contributed by atoms with van der Waals surface area (Å²) in [5.41, 5.74) is -8.92. The zero-order valence-electron chi connectivity index (χ0n) is 30.4. The Kier molecular flexibility index (Phi) is 118. The van der Waals surface area contributed by atoms with E-state index in [2.05, 4.69) is 0 Å². The number of hydrogen-bond acceptors (Lipinski definition) is 21. The third-order valence-corrected chi connectivity index (χ3v) is 3.76. The molecule has 262 valence electrons. The van der Waals surface area contributed by atoms with Gasteiger partial charge in [-0.25, -0.2) is 0 Å². The van der Waals surface area contributed by atoms with Gasteiger partial charge in [-0.3, -0.25) is 0 Å². The van der Waals surface area contributed by atoms with Crippen LogP contribution in [0.1, 0.15) is 38.5 Å². The fourth-order valence-corrected chi connectivity index (χ4v) is 2.05. The van der Waals surface area contributed by atoms with Gasteiger partial charge < -0.3 is 132 Å². The van der Waals surface area contributed by atoms with Gasteiger partial charge in [-0.2, -0.15) is 0 Å². The first-order valence-electron chi connectivity index (χ1n) is 9.34. The molecule has 53 heavy (non-hydrogen) atoms. The normalized spacial score (nSPS) is 7.98. The molecule has 26 nitrogen and oxygen atoms in total. The Balaban J connectivity index is -0.0000000216. The molecular formula is C18H25Na9O26. The molecule has 0 saturated carbocycles. The molecule has 0 atom stereocenters. The molecule has 0 aliphatic carbocycles. The van der Waals surface area contributed by atoms with Crippen LogP contribution in [0.4, 0.5) is 0 Å². The van der Waals surface area contributed by atoms with Crippen LogP contribution in [0.2, 0.25) is 0 Å². The molecule has 0 saturated heterocycles. The van der Waals surface area contributed by atoms with Crippen LogP contribution < -0.4 is 312 Å². The van der Waals surface area contributed by atoms with Crippen molar-refractivity contribution in [2.24, 2.45) is 0 Å². The molecule has 0 spiro atoms. The van der Waals surface area contributed by atoms with Crippen LogP contribution in [0.15, 0.2) is 0 Å². The molecule has 0 heterocycles. The van der Waals surface area contributed by atoms with Gasteiger partial charge >= 0.3 is 266 Å². The third-order valence-electron chi connectivity index (χ3n) is 3.76. The fourth-order valence-electron chi connectivity index (χ4n) is 2.05. The van der Waals surface area contributed by atoms with E-state index in [1.165, 1.54) is 0 Å². The quantitative estimate of drug-likeness (QED) is 0.129. The van der Waals surface area contributed by atoms with Crippen LogP contribution in [-0.2, 0) is 43.2 Å². The maximum atomic E-state index is 10.1. The van der Waals surface area contributed by atoms with Gasteiger partial charge in [0.15, 0.2) is 0 Å². The second kappa shape index (κ2) is 55.9. The first-order valence-corrected chi connectivity index (χ1v) is 9.34. The van der Waals surface area contributed by atoms with Crippen molar-refractivity contribution in [3.8, 4) is 0 Å². The average Bonchev–Trinajstić information content (AvgIpc) is 2.64. The van der Waals surface area contributed by atoms with E-state index in [4.69, 9.17) is 15.3 Å². The maximum Gasteiger partial charge on any atom is 1.00 e. The molecule has 0 aliphatic rings. The van der Waals surface area contributed by atoms with Gasteiger partial charge in [-0.05, 0) is 0 Å². The number of carboxylic acid groups (broad SMARTS) is 9. The Morgan fingerprint density at radius 3 is 0.396 bits per heavy atom. The minimum absolute atomic E-state index is 0. The Morgan fingerprint density at radius 2 is 0.358 bits per heavy atom. The van der Waals surface area contributed by atoms with E-state index >= 15 is 0 Å². The summed E-state index contributed by atoms with van der Waals surface area (Å²) in [6.07, 6.45) is -8.15. The summed E-state index contributed by atoms with van der Waals surface area (Å²) in [6, 6.07) is 0. The van der Waals surface area contributed by atoms with E-state index in [0.717, 1.165) is 0 Å². The monoisotopic (exact) mass is 864 g/mol. The van der Waals surface area contributed by atoms with E-state index in [1.807, 2.05) is 0 Å². The van der Waals surface area contributed by atoms with E-state index in [-0.39, 0.29) is 293 Å². The summed E-state index contributed by atoms with van der Waals surface area (Å²) < 4.78 is 0. The van der Waals surface area contributed by atoms with E-state index in [9.17, 15) is 89.1 Å². The molecule has 0 aromatic rings. The van der Waals surface area contributed by atoms with Crippen molar-refractivity contribution in [3.05, 3.63) is 0 Å². The SMILES string of the molecule is O.O.O.O.O.O=C([O-])CC(O)(CC(=O)[O-])C(=O)[O-].O=C([O-])CC(O)(CC(=O)[O-])C(=O)[O-].O=C([O-])CC(O)(CC(=O)[O-])C(=O)[O-].[Na+].[Na+].[Na+].[Na+].[Na+].[Na+].[Na+].[Na+].[Na+]. The van der Waals surface area contributed by atoms with Gasteiger partial charge in [0.25, 0.3) is 0 Å². The van der Waals surface area contributed by atoms with Gasteiger partial charge in [0.2, 0.25) is 0 Å². The van der Waals surface area contributed by atoms with Crippen molar-refractivity contribution in [2.75, 3.05) is 0 Å². The van der Waals surface area contributed by atoms with Crippen molar-refractivity contribution in [1.29, 1.82) is 0 Å². The largest absolute Gasteiger partial charge is 1.00 e. The predicted molar refractivity (Wildman–Crippen MR) is 106 cm³/mol. The Labute approximate surface area is 497 Å². The predicted octanol–water partition coefficient (Wildman–Crippen LogP) is -46.8. The fraction of sp³-hybridized carbons (Fsp3) is 0.500. The van der Waals surface area contributed by atoms with Crippen molar-refractivity contribution in [3.63, 3.8) is 0 Å². The third kappa shape index (κ3) is 60.3. The number of aliphatic carboxylic acids is 9. The summed E-state index contributed by atoms with van der Waals surface area (Å²) >= 11 is 0. The Hall–Kier alpha value is 3.91. The van der Waals surface area contributed by atoms with Crippen LogP contribution in [0.25, 0.3) is 0 Å². The van der Waals surface area contributed by atoms with Crippen LogP contribution in [0.5, 0.6) is 0 Å². The molecule has 35 heteroatoms. The van der Waals surface area contributed by atoms with Gasteiger partial charge in [0.05, 0.1) is 17.9 Å².